The highest BCUT2D eigenvalue weighted by molar-refractivity contribution is 6.81. The van der Waals surface area contributed by atoms with Crippen molar-refractivity contribution in [3.63, 3.8) is 0 Å². The lowest BCUT2D eigenvalue weighted by Crippen LogP contribution is -2.41. The molecular weight excluding hydrogens is 325 g/mol. The van der Waals surface area contributed by atoms with Gasteiger partial charge in [-0.15, -0.1) is 0 Å². The first-order valence-electron chi connectivity index (χ1n) is 8.49. The van der Waals surface area contributed by atoms with Gasteiger partial charge in [0.1, 0.15) is 5.75 Å². The number of ether oxygens (including phenoxy) is 1. The third kappa shape index (κ3) is 3.21. The molecule has 1 aliphatic heterocycles. The standard InChI is InChI=1S/C21H18BNO3/c1-25-19-11-8-15(9-12-19)21(24)23-18-10-7-16-14-26-22(20(16)13-18)17-5-3-2-4-6-17/h2-13H,14H2,1H3,(H,23,24). The van der Waals surface area contributed by atoms with Gasteiger partial charge in [0.05, 0.1) is 13.7 Å². The van der Waals surface area contributed by atoms with E-state index in [2.05, 4.69) is 17.4 Å². The summed E-state index contributed by atoms with van der Waals surface area (Å²) >= 11 is 0. The summed E-state index contributed by atoms with van der Waals surface area (Å²) < 4.78 is 11.1. The third-order valence-corrected chi connectivity index (χ3v) is 4.55. The van der Waals surface area contributed by atoms with Crippen LogP contribution in [-0.4, -0.2) is 19.9 Å². The summed E-state index contributed by atoms with van der Waals surface area (Å²) in [5, 5.41) is 2.96. The largest absolute Gasteiger partial charge is 0.497 e. The van der Waals surface area contributed by atoms with Crippen LogP contribution in [0.15, 0.2) is 72.8 Å². The second kappa shape index (κ2) is 7.06. The fourth-order valence-corrected chi connectivity index (χ4v) is 3.16. The Morgan fingerprint density at radius 2 is 1.81 bits per heavy atom. The van der Waals surface area contributed by atoms with Gasteiger partial charge >= 0.3 is 6.92 Å². The van der Waals surface area contributed by atoms with E-state index in [1.807, 2.05) is 36.4 Å². The Kier molecular flexibility index (Phi) is 4.46. The van der Waals surface area contributed by atoms with Crippen molar-refractivity contribution in [3.05, 3.63) is 83.9 Å². The van der Waals surface area contributed by atoms with Gasteiger partial charge in [-0.1, -0.05) is 36.4 Å². The van der Waals surface area contributed by atoms with Crippen LogP contribution in [0.2, 0.25) is 0 Å². The van der Waals surface area contributed by atoms with Crippen LogP contribution in [0.4, 0.5) is 5.69 Å². The van der Waals surface area contributed by atoms with Crippen LogP contribution >= 0.6 is 0 Å². The molecule has 0 aliphatic carbocycles. The molecule has 0 spiro atoms. The smallest absolute Gasteiger partial charge is 0.362 e. The summed E-state index contributed by atoms with van der Waals surface area (Å²) in [6.07, 6.45) is 0. The third-order valence-electron chi connectivity index (χ3n) is 4.55. The first kappa shape index (κ1) is 16.4. The Balaban J connectivity index is 1.56. The Labute approximate surface area is 152 Å². The molecule has 0 atom stereocenters. The maximum Gasteiger partial charge on any atom is 0.362 e. The zero-order valence-corrected chi connectivity index (χ0v) is 14.4. The van der Waals surface area contributed by atoms with Gasteiger partial charge in [0.15, 0.2) is 0 Å². The van der Waals surface area contributed by atoms with Gasteiger partial charge in [-0.25, -0.2) is 0 Å². The van der Waals surface area contributed by atoms with Crippen molar-refractivity contribution in [2.45, 2.75) is 6.61 Å². The van der Waals surface area contributed by atoms with Crippen LogP contribution in [-0.2, 0) is 11.3 Å². The minimum atomic E-state index is -0.150. The molecule has 0 fully saturated rings. The predicted molar refractivity (Wildman–Crippen MR) is 104 cm³/mol. The van der Waals surface area contributed by atoms with Gasteiger partial charge in [0.2, 0.25) is 0 Å². The molecule has 0 unspecified atom stereocenters. The van der Waals surface area contributed by atoms with Crippen molar-refractivity contribution < 1.29 is 14.2 Å². The molecule has 0 saturated carbocycles. The number of hydrogen-bond donors (Lipinski definition) is 1. The highest BCUT2D eigenvalue weighted by Crippen LogP contribution is 2.17. The number of rotatable bonds is 4. The monoisotopic (exact) mass is 343 g/mol. The first-order chi connectivity index (χ1) is 12.7. The number of carbonyl (C=O) groups excluding carboxylic acids is 1. The topological polar surface area (TPSA) is 47.6 Å². The second-order valence-corrected chi connectivity index (χ2v) is 6.20. The molecule has 128 valence electrons. The molecule has 3 aromatic rings. The number of amides is 1. The van der Waals surface area contributed by atoms with Gasteiger partial charge in [-0.2, -0.15) is 0 Å². The molecule has 4 rings (SSSR count). The van der Waals surface area contributed by atoms with Crippen molar-refractivity contribution in [3.8, 4) is 5.75 Å². The fourth-order valence-electron chi connectivity index (χ4n) is 3.16. The van der Waals surface area contributed by atoms with E-state index >= 15 is 0 Å². The van der Waals surface area contributed by atoms with Gasteiger partial charge in [0.25, 0.3) is 5.91 Å². The normalized spacial score (nSPS) is 12.6. The Morgan fingerprint density at radius 3 is 2.54 bits per heavy atom. The summed E-state index contributed by atoms with van der Waals surface area (Å²) in [7, 11) is 1.60. The zero-order chi connectivity index (χ0) is 17.9. The minimum absolute atomic E-state index is 0.0935. The predicted octanol–water partition coefficient (Wildman–Crippen LogP) is 2.58. The molecule has 4 nitrogen and oxygen atoms in total. The summed E-state index contributed by atoms with van der Waals surface area (Å²) in [5.41, 5.74) is 4.72. The van der Waals surface area contributed by atoms with Gasteiger partial charge in [-0.3, -0.25) is 4.79 Å². The average Bonchev–Trinajstić information content (AvgIpc) is 3.12. The maximum atomic E-state index is 12.5. The number of hydrogen-bond acceptors (Lipinski definition) is 3. The van der Waals surface area contributed by atoms with E-state index in [1.165, 1.54) is 0 Å². The number of benzene rings is 3. The van der Waals surface area contributed by atoms with Gasteiger partial charge < -0.3 is 14.7 Å². The molecule has 1 N–H and O–H groups in total. The quantitative estimate of drug-likeness (QED) is 0.741. The molecule has 0 bridgehead atoms. The number of nitrogens with one attached hydrogen (secondary N) is 1. The van der Waals surface area contributed by atoms with Crippen LogP contribution in [0.3, 0.4) is 0 Å². The van der Waals surface area contributed by atoms with Crippen LogP contribution in [0.25, 0.3) is 0 Å². The molecule has 0 saturated heterocycles. The van der Waals surface area contributed by atoms with Crippen LogP contribution in [0, 0.1) is 0 Å². The minimum Gasteiger partial charge on any atom is -0.497 e. The number of fused-ring (bicyclic) bond motifs is 1. The molecule has 5 heteroatoms. The lowest BCUT2D eigenvalue weighted by Gasteiger charge is -2.10. The molecule has 3 aromatic carbocycles. The van der Waals surface area contributed by atoms with E-state index in [9.17, 15) is 4.79 Å². The lowest BCUT2D eigenvalue weighted by atomic mass is 9.56. The Bertz CT molecular complexity index is 926. The van der Waals surface area contributed by atoms with E-state index in [0.717, 1.165) is 27.9 Å². The van der Waals surface area contributed by atoms with Crippen molar-refractivity contribution in [2.75, 3.05) is 12.4 Å². The molecule has 0 radical (unpaired) electrons. The highest BCUT2D eigenvalue weighted by Gasteiger charge is 2.30. The Hall–Kier alpha value is -3.05. The molecule has 1 heterocycles. The van der Waals surface area contributed by atoms with E-state index in [0.29, 0.717) is 12.2 Å². The van der Waals surface area contributed by atoms with Gasteiger partial charge in [0, 0.05) is 11.3 Å². The molecule has 1 amide bonds. The first-order valence-corrected chi connectivity index (χ1v) is 8.49. The van der Waals surface area contributed by atoms with E-state index < -0.39 is 0 Å². The van der Waals surface area contributed by atoms with Crippen molar-refractivity contribution in [2.24, 2.45) is 0 Å². The Morgan fingerprint density at radius 1 is 1.04 bits per heavy atom. The highest BCUT2D eigenvalue weighted by atomic mass is 16.5. The second-order valence-electron chi connectivity index (χ2n) is 6.20. The summed E-state index contributed by atoms with van der Waals surface area (Å²) in [4.78, 5) is 12.5. The summed E-state index contributed by atoms with van der Waals surface area (Å²) in [5.74, 6) is 0.574. The van der Waals surface area contributed by atoms with E-state index in [-0.39, 0.29) is 12.8 Å². The molecule has 26 heavy (non-hydrogen) atoms. The van der Waals surface area contributed by atoms with Gasteiger partial charge in [-0.05, 0) is 52.9 Å². The molecular formula is C21H18BNO3. The molecule has 1 aliphatic rings. The number of carbonyl (C=O) groups is 1. The van der Waals surface area contributed by atoms with Crippen molar-refractivity contribution >= 4 is 29.4 Å². The van der Waals surface area contributed by atoms with Crippen LogP contribution in [0.1, 0.15) is 15.9 Å². The summed E-state index contributed by atoms with van der Waals surface area (Å²) in [6, 6.07) is 23.1. The number of methoxy groups -OCH3 is 1. The lowest BCUT2D eigenvalue weighted by molar-refractivity contribution is 0.102. The van der Waals surface area contributed by atoms with E-state index in [1.54, 1.807) is 31.4 Å². The molecule has 0 aromatic heterocycles. The van der Waals surface area contributed by atoms with Crippen molar-refractivity contribution in [1.29, 1.82) is 0 Å². The van der Waals surface area contributed by atoms with Crippen LogP contribution in [0.5, 0.6) is 5.75 Å². The average molecular weight is 343 g/mol. The van der Waals surface area contributed by atoms with Crippen molar-refractivity contribution in [1.82, 2.24) is 0 Å². The summed E-state index contributed by atoms with van der Waals surface area (Å²) in [6.45, 7) is 0.491. The zero-order valence-electron chi connectivity index (χ0n) is 14.4. The fraction of sp³-hybridized carbons (Fsp3) is 0.0952. The van der Waals surface area contributed by atoms with Crippen LogP contribution < -0.4 is 21.0 Å². The van der Waals surface area contributed by atoms with E-state index in [4.69, 9.17) is 9.39 Å². The SMILES string of the molecule is COc1ccc(C(=O)Nc2ccc3c(c2)B(c2ccccc2)OC3)cc1. The maximum absolute atomic E-state index is 12.5. The number of anilines is 1.